The van der Waals surface area contributed by atoms with Crippen LogP contribution in [0.1, 0.15) is 6.92 Å². The third-order valence-corrected chi connectivity index (χ3v) is 5.48. The quantitative estimate of drug-likeness (QED) is 0.333. The minimum Gasteiger partial charge on any atom is -0.376 e. The number of carbonyl (C=O) groups excluding carboxylic acids is 1. The average molecular weight is 374 g/mol. The van der Waals surface area contributed by atoms with Crippen LogP contribution in [0.5, 0.6) is 0 Å². The van der Waals surface area contributed by atoms with E-state index in [9.17, 15) is 26.7 Å². The minimum absolute atomic E-state index is 0.203. The molecule has 0 atom stereocenters. The fourth-order valence-corrected chi connectivity index (χ4v) is 3.29. The lowest BCUT2D eigenvalue weighted by molar-refractivity contribution is 0.103. The van der Waals surface area contributed by atoms with Gasteiger partial charge in [0.05, 0.1) is 6.17 Å². The van der Waals surface area contributed by atoms with Crippen LogP contribution in [-0.2, 0) is 13.3 Å². The molecule has 0 bridgehead atoms. The third kappa shape index (κ3) is 4.20. The summed E-state index contributed by atoms with van der Waals surface area (Å²) in [5.41, 5.74) is -1.47. The van der Waals surface area contributed by atoms with Gasteiger partial charge in [-0.3, -0.25) is 0 Å². The summed E-state index contributed by atoms with van der Waals surface area (Å²) < 4.78 is 81.3. The van der Waals surface area contributed by atoms with Gasteiger partial charge in [-0.25, -0.2) is 26.7 Å². The van der Waals surface area contributed by atoms with Crippen molar-refractivity contribution in [1.82, 2.24) is 5.32 Å². The summed E-state index contributed by atoms with van der Waals surface area (Å²) in [4.78, 5) is 11.7. The Balaban J connectivity index is 2.90. The van der Waals surface area contributed by atoms with Gasteiger partial charge in [-0.05, 0) is 6.92 Å². The fourth-order valence-electron chi connectivity index (χ4n) is 1.68. The summed E-state index contributed by atoms with van der Waals surface area (Å²) in [6.07, 6.45) is -0.297. The normalized spacial score (nSPS) is 11.5. The molecule has 12 heteroatoms. The number of rotatable bonds is 7. The summed E-state index contributed by atoms with van der Waals surface area (Å²) in [6, 6.07) is -1.23. The number of hydrogen-bond donors (Lipinski definition) is 2. The van der Waals surface area contributed by atoms with Crippen molar-refractivity contribution in [3.05, 3.63) is 29.1 Å². The van der Waals surface area contributed by atoms with Crippen molar-refractivity contribution in [3.63, 3.8) is 0 Å². The molecule has 1 aromatic carbocycles. The highest BCUT2D eigenvalue weighted by Gasteiger charge is 2.39. The van der Waals surface area contributed by atoms with Gasteiger partial charge in [0.1, 0.15) is 5.69 Å². The molecule has 136 valence electrons. The summed E-state index contributed by atoms with van der Waals surface area (Å²) in [5.74, 6) is -11.0. The average Bonchev–Trinajstić information content (AvgIpc) is 2.59. The lowest BCUT2D eigenvalue weighted by Crippen LogP contribution is -2.54. The van der Waals surface area contributed by atoms with E-state index in [4.69, 9.17) is 13.3 Å². The molecule has 24 heavy (non-hydrogen) atoms. The number of amides is 2. The molecule has 0 aromatic heterocycles. The highest BCUT2D eigenvalue weighted by Crippen LogP contribution is 2.26. The molecule has 0 radical (unpaired) electrons. The van der Waals surface area contributed by atoms with Crippen molar-refractivity contribution < 1.29 is 40.0 Å². The van der Waals surface area contributed by atoms with Gasteiger partial charge in [-0.2, -0.15) is 0 Å². The number of nitrogens with one attached hydrogen (secondary N) is 2. The molecule has 0 heterocycles. The van der Waals surface area contributed by atoms with Crippen LogP contribution in [0.25, 0.3) is 0 Å². The van der Waals surface area contributed by atoms with Crippen LogP contribution >= 0.6 is 0 Å². The van der Waals surface area contributed by atoms with Crippen molar-refractivity contribution in [2.45, 2.75) is 6.92 Å². The van der Waals surface area contributed by atoms with Crippen molar-refractivity contribution in [2.75, 3.05) is 32.3 Å². The second kappa shape index (κ2) is 8.37. The van der Waals surface area contributed by atoms with Crippen LogP contribution in [-0.4, -0.2) is 41.8 Å². The van der Waals surface area contributed by atoms with E-state index in [1.165, 1.54) is 14.2 Å². The van der Waals surface area contributed by atoms with E-state index >= 15 is 0 Å². The van der Waals surface area contributed by atoms with Crippen molar-refractivity contribution >= 4 is 20.5 Å². The molecular weight excluding hydrogens is 359 g/mol. The first-order chi connectivity index (χ1) is 11.2. The standard InChI is InChI=1S/C12H15F5N2O4Si/c1-4-23-24(21-2,22-3)5-18-12(20)19-11-9(16)7(14)6(13)8(15)10(11)17/h4-5H2,1-3H3,(H2,18,19,20). The fraction of sp³-hybridized carbons (Fsp3) is 0.417. The van der Waals surface area contributed by atoms with Crippen LogP contribution < -0.4 is 10.6 Å². The summed E-state index contributed by atoms with van der Waals surface area (Å²) >= 11 is 0. The van der Waals surface area contributed by atoms with E-state index in [0.717, 1.165) is 0 Å². The van der Waals surface area contributed by atoms with E-state index < -0.39 is 49.6 Å². The van der Waals surface area contributed by atoms with Gasteiger partial charge in [0, 0.05) is 20.8 Å². The van der Waals surface area contributed by atoms with Crippen LogP contribution in [0.4, 0.5) is 32.4 Å². The SMILES string of the molecule is CCO[Si](CNC(=O)Nc1c(F)c(F)c(F)c(F)c1F)(OC)OC. The van der Waals surface area contributed by atoms with Crippen LogP contribution in [0.3, 0.4) is 0 Å². The molecule has 0 saturated carbocycles. The highest BCUT2D eigenvalue weighted by molar-refractivity contribution is 6.61. The zero-order valence-corrected chi connectivity index (χ0v) is 13.9. The van der Waals surface area contributed by atoms with Crippen molar-refractivity contribution in [2.24, 2.45) is 0 Å². The van der Waals surface area contributed by atoms with Crippen LogP contribution in [0.2, 0.25) is 0 Å². The third-order valence-electron chi connectivity index (χ3n) is 2.90. The van der Waals surface area contributed by atoms with Gasteiger partial charge in [-0.1, -0.05) is 0 Å². The van der Waals surface area contributed by atoms with E-state index in [2.05, 4.69) is 5.32 Å². The molecule has 0 aliphatic heterocycles. The molecule has 0 fully saturated rings. The van der Waals surface area contributed by atoms with E-state index in [1.54, 1.807) is 12.2 Å². The number of urea groups is 1. The van der Waals surface area contributed by atoms with E-state index in [1.807, 2.05) is 0 Å². The zero-order chi connectivity index (χ0) is 18.5. The number of carbonyl (C=O) groups is 1. The van der Waals surface area contributed by atoms with Crippen LogP contribution in [0.15, 0.2) is 0 Å². The molecule has 0 aliphatic rings. The molecule has 1 rings (SSSR count). The molecular formula is C12H15F5N2O4Si. The Labute approximate surface area is 135 Å². The molecule has 0 aliphatic carbocycles. The number of benzene rings is 1. The topological polar surface area (TPSA) is 68.8 Å². The monoisotopic (exact) mass is 374 g/mol. The van der Waals surface area contributed by atoms with E-state index in [0.29, 0.717) is 0 Å². The molecule has 0 spiro atoms. The first-order valence-electron chi connectivity index (χ1n) is 6.53. The Kier molecular flexibility index (Phi) is 7.07. The summed E-state index contributed by atoms with van der Waals surface area (Å²) in [7, 11) is -0.703. The van der Waals surface area contributed by atoms with Gasteiger partial charge in [0.2, 0.25) is 5.82 Å². The van der Waals surface area contributed by atoms with Crippen molar-refractivity contribution in [3.8, 4) is 0 Å². The molecule has 6 nitrogen and oxygen atoms in total. The smallest absolute Gasteiger partial charge is 0.376 e. The highest BCUT2D eigenvalue weighted by atomic mass is 28.4. The molecule has 0 saturated heterocycles. The van der Waals surface area contributed by atoms with Gasteiger partial charge in [0.15, 0.2) is 23.3 Å². The second-order valence-corrected chi connectivity index (χ2v) is 7.10. The maximum atomic E-state index is 13.5. The lowest BCUT2D eigenvalue weighted by atomic mass is 10.2. The first kappa shape index (κ1) is 20.3. The Morgan fingerprint density at radius 1 is 0.958 bits per heavy atom. The molecule has 2 amide bonds. The Morgan fingerprint density at radius 3 is 1.83 bits per heavy atom. The Bertz CT molecular complexity index is 587. The lowest BCUT2D eigenvalue weighted by Gasteiger charge is -2.25. The second-order valence-electron chi connectivity index (χ2n) is 4.28. The summed E-state index contributed by atoms with van der Waals surface area (Å²) in [6.45, 7) is 1.85. The Morgan fingerprint density at radius 2 is 1.42 bits per heavy atom. The predicted molar refractivity (Wildman–Crippen MR) is 74.7 cm³/mol. The van der Waals surface area contributed by atoms with Gasteiger partial charge < -0.3 is 23.9 Å². The Hall–Kier alpha value is -1.76. The zero-order valence-electron chi connectivity index (χ0n) is 12.9. The first-order valence-corrected chi connectivity index (χ1v) is 8.46. The number of anilines is 1. The minimum atomic E-state index is -3.25. The molecule has 2 N–H and O–H groups in total. The summed E-state index contributed by atoms with van der Waals surface area (Å²) in [5, 5.41) is 3.69. The predicted octanol–water partition coefficient (Wildman–Crippen LogP) is 2.31. The van der Waals surface area contributed by atoms with Crippen LogP contribution in [0, 0.1) is 29.1 Å². The number of hydrogen-bond acceptors (Lipinski definition) is 4. The maximum Gasteiger partial charge on any atom is 0.520 e. The maximum absolute atomic E-state index is 13.5. The molecule has 1 aromatic rings. The molecule has 0 unspecified atom stereocenters. The van der Waals surface area contributed by atoms with Gasteiger partial charge in [-0.15, -0.1) is 0 Å². The number of halogens is 5. The van der Waals surface area contributed by atoms with E-state index in [-0.39, 0.29) is 12.8 Å². The van der Waals surface area contributed by atoms with Crippen molar-refractivity contribution in [1.29, 1.82) is 0 Å². The van der Waals surface area contributed by atoms with Gasteiger partial charge >= 0.3 is 14.8 Å². The van der Waals surface area contributed by atoms with Gasteiger partial charge in [0.25, 0.3) is 0 Å². The largest absolute Gasteiger partial charge is 0.520 e.